The smallest absolute Gasteiger partial charge is 0.339 e. The van der Waals surface area contributed by atoms with Gasteiger partial charge in [-0.1, -0.05) is 0 Å². The first kappa shape index (κ1) is 16.4. The topological polar surface area (TPSA) is 47.6 Å². The number of methoxy groups -OCH3 is 2. The van der Waals surface area contributed by atoms with Crippen LogP contribution >= 0.6 is 0 Å². The third-order valence-electron chi connectivity index (χ3n) is 3.14. The first-order valence-electron chi connectivity index (χ1n) is 6.48. The zero-order valence-electron chi connectivity index (χ0n) is 12.6. The van der Waals surface area contributed by atoms with E-state index in [9.17, 15) is 9.18 Å². The van der Waals surface area contributed by atoms with E-state index in [0.29, 0.717) is 17.7 Å². The number of carbonyl (C=O) groups is 1. The molecule has 1 aromatic rings. The van der Waals surface area contributed by atoms with Crippen molar-refractivity contribution in [3.05, 3.63) is 29.6 Å². The summed E-state index contributed by atoms with van der Waals surface area (Å²) >= 11 is 0. The molecule has 0 amide bonds. The zero-order chi connectivity index (χ0) is 15.3. The Kier molecular flexibility index (Phi) is 5.51. The summed E-state index contributed by atoms with van der Waals surface area (Å²) < 4.78 is 23.4. The van der Waals surface area contributed by atoms with E-state index in [1.54, 1.807) is 7.11 Å². The zero-order valence-corrected chi connectivity index (χ0v) is 12.6. The van der Waals surface area contributed by atoms with Crippen molar-refractivity contribution in [1.82, 2.24) is 0 Å². The second-order valence-electron chi connectivity index (χ2n) is 5.39. The molecule has 0 aliphatic heterocycles. The van der Waals surface area contributed by atoms with E-state index in [1.165, 1.54) is 25.3 Å². The van der Waals surface area contributed by atoms with Gasteiger partial charge in [-0.3, -0.25) is 0 Å². The van der Waals surface area contributed by atoms with Gasteiger partial charge in [-0.25, -0.2) is 9.18 Å². The largest absolute Gasteiger partial charge is 0.465 e. The highest BCUT2D eigenvalue weighted by Crippen LogP contribution is 2.22. The Balaban J connectivity index is 2.90. The minimum atomic E-state index is -0.495. The molecule has 5 heteroatoms. The third kappa shape index (κ3) is 4.49. The predicted molar refractivity (Wildman–Crippen MR) is 76.5 cm³/mol. The number of rotatable bonds is 6. The van der Waals surface area contributed by atoms with Gasteiger partial charge in [0.1, 0.15) is 5.82 Å². The van der Waals surface area contributed by atoms with Crippen LogP contribution in [0.3, 0.4) is 0 Å². The van der Waals surface area contributed by atoms with Crippen LogP contribution in [0.15, 0.2) is 18.2 Å². The van der Waals surface area contributed by atoms with Crippen molar-refractivity contribution in [2.45, 2.75) is 38.8 Å². The lowest BCUT2D eigenvalue weighted by Gasteiger charge is -2.28. The Bertz CT molecular complexity index is 474. The Hall–Kier alpha value is -1.62. The van der Waals surface area contributed by atoms with Crippen LogP contribution < -0.4 is 5.32 Å². The molecule has 0 fully saturated rings. The van der Waals surface area contributed by atoms with Crippen LogP contribution in [0.25, 0.3) is 0 Å². The summed E-state index contributed by atoms with van der Waals surface area (Å²) in [7, 11) is 2.95. The number of anilines is 1. The third-order valence-corrected chi connectivity index (χ3v) is 3.14. The molecule has 0 aliphatic rings. The molecule has 0 bridgehead atoms. The fourth-order valence-corrected chi connectivity index (χ4v) is 2.06. The first-order valence-corrected chi connectivity index (χ1v) is 6.48. The Labute approximate surface area is 119 Å². The number of ether oxygens (including phenoxy) is 2. The van der Waals surface area contributed by atoms with Gasteiger partial charge in [0.2, 0.25) is 0 Å². The maximum Gasteiger partial charge on any atom is 0.339 e. The number of hydrogen-bond acceptors (Lipinski definition) is 4. The lowest BCUT2D eigenvalue weighted by atomic mass is 9.99. The fraction of sp³-hybridized carbons (Fsp3) is 0.533. The molecule has 1 rings (SSSR count). The normalized spacial score (nSPS) is 12.9. The summed E-state index contributed by atoms with van der Waals surface area (Å²) in [5.41, 5.74) is 0.442. The number of carbonyl (C=O) groups excluding carboxylic acids is 1. The van der Waals surface area contributed by atoms with E-state index in [1.807, 2.05) is 20.8 Å². The summed E-state index contributed by atoms with van der Waals surface area (Å²) in [4.78, 5) is 11.7. The van der Waals surface area contributed by atoms with E-state index in [-0.39, 0.29) is 11.6 Å². The van der Waals surface area contributed by atoms with Gasteiger partial charge >= 0.3 is 5.97 Å². The summed E-state index contributed by atoms with van der Waals surface area (Å²) in [6, 6.07) is 3.96. The van der Waals surface area contributed by atoms with Crippen LogP contribution in [0.5, 0.6) is 0 Å². The van der Waals surface area contributed by atoms with Crippen LogP contribution in [0.1, 0.15) is 37.6 Å². The SMILES string of the molecule is COC(=O)c1ccc(F)cc1NC(C)CC(C)(C)OC. The molecule has 112 valence electrons. The number of hydrogen-bond donors (Lipinski definition) is 1. The summed E-state index contributed by atoms with van der Waals surface area (Å²) in [6.07, 6.45) is 0.709. The molecule has 0 heterocycles. The second kappa shape index (κ2) is 6.70. The van der Waals surface area contributed by atoms with E-state index in [2.05, 4.69) is 5.32 Å². The lowest BCUT2D eigenvalue weighted by Crippen LogP contribution is -2.31. The van der Waals surface area contributed by atoms with Crippen LogP contribution in [-0.4, -0.2) is 31.8 Å². The molecular formula is C15H22FNO3. The molecule has 0 aromatic heterocycles. The fourth-order valence-electron chi connectivity index (χ4n) is 2.06. The van der Waals surface area contributed by atoms with E-state index < -0.39 is 11.8 Å². The average Bonchev–Trinajstić information content (AvgIpc) is 2.37. The molecule has 1 N–H and O–H groups in total. The molecule has 20 heavy (non-hydrogen) atoms. The first-order chi connectivity index (χ1) is 9.29. The standard InChI is InChI=1S/C15H22FNO3/c1-10(9-15(2,3)20-5)17-13-8-11(16)6-7-12(13)14(18)19-4/h6-8,10,17H,9H2,1-5H3. The van der Waals surface area contributed by atoms with Crippen molar-refractivity contribution in [2.75, 3.05) is 19.5 Å². The van der Waals surface area contributed by atoms with Gasteiger partial charge in [0, 0.05) is 13.2 Å². The predicted octanol–water partition coefficient (Wildman–Crippen LogP) is 3.23. The number of halogens is 1. The average molecular weight is 283 g/mol. The summed E-state index contributed by atoms with van der Waals surface area (Å²) in [5.74, 6) is -0.899. The Morgan fingerprint density at radius 2 is 2.05 bits per heavy atom. The molecule has 1 unspecified atom stereocenters. The van der Waals surface area contributed by atoms with Gasteiger partial charge in [0.15, 0.2) is 0 Å². The second-order valence-corrected chi connectivity index (χ2v) is 5.39. The van der Waals surface area contributed by atoms with Gasteiger partial charge in [-0.15, -0.1) is 0 Å². The minimum absolute atomic E-state index is 0.00940. The molecule has 0 saturated carbocycles. The lowest BCUT2D eigenvalue weighted by molar-refractivity contribution is 0.0128. The maximum atomic E-state index is 13.4. The summed E-state index contributed by atoms with van der Waals surface area (Å²) in [6.45, 7) is 5.89. The molecule has 0 aliphatic carbocycles. The van der Waals surface area contributed by atoms with Gasteiger partial charge in [-0.2, -0.15) is 0 Å². The number of esters is 1. The highest BCUT2D eigenvalue weighted by atomic mass is 19.1. The Morgan fingerprint density at radius 1 is 1.40 bits per heavy atom. The van der Waals surface area contributed by atoms with Crippen molar-refractivity contribution >= 4 is 11.7 Å². The summed E-state index contributed by atoms with van der Waals surface area (Å²) in [5, 5.41) is 3.14. The molecule has 4 nitrogen and oxygen atoms in total. The molecule has 0 radical (unpaired) electrons. The molecule has 0 spiro atoms. The molecule has 1 aromatic carbocycles. The monoisotopic (exact) mass is 283 g/mol. The molecule has 0 saturated heterocycles. The van der Waals surface area contributed by atoms with Crippen LogP contribution in [0.4, 0.5) is 10.1 Å². The minimum Gasteiger partial charge on any atom is -0.465 e. The van der Waals surface area contributed by atoms with Crippen molar-refractivity contribution in [3.63, 3.8) is 0 Å². The van der Waals surface area contributed by atoms with Gasteiger partial charge in [0.05, 0.1) is 24.0 Å². The van der Waals surface area contributed by atoms with Gasteiger partial charge in [-0.05, 0) is 45.4 Å². The molecule has 1 atom stereocenters. The van der Waals surface area contributed by atoms with Crippen molar-refractivity contribution in [1.29, 1.82) is 0 Å². The number of nitrogens with one attached hydrogen (secondary N) is 1. The highest BCUT2D eigenvalue weighted by molar-refractivity contribution is 5.95. The van der Waals surface area contributed by atoms with E-state index >= 15 is 0 Å². The van der Waals surface area contributed by atoms with E-state index in [0.717, 1.165) is 0 Å². The van der Waals surface area contributed by atoms with Gasteiger partial charge < -0.3 is 14.8 Å². The maximum absolute atomic E-state index is 13.4. The van der Waals surface area contributed by atoms with Gasteiger partial charge in [0.25, 0.3) is 0 Å². The number of benzene rings is 1. The van der Waals surface area contributed by atoms with Crippen LogP contribution in [0.2, 0.25) is 0 Å². The quantitative estimate of drug-likeness (QED) is 0.814. The van der Waals surface area contributed by atoms with E-state index in [4.69, 9.17) is 9.47 Å². The Morgan fingerprint density at radius 3 is 2.60 bits per heavy atom. The van der Waals surface area contributed by atoms with Crippen LogP contribution in [-0.2, 0) is 9.47 Å². The van der Waals surface area contributed by atoms with Crippen LogP contribution in [0, 0.1) is 5.82 Å². The van der Waals surface area contributed by atoms with Crippen molar-refractivity contribution in [3.8, 4) is 0 Å². The molecular weight excluding hydrogens is 261 g/mol. The van der Waals surface area contributed by atoms with Crippen molar-refractivity contribution in [2.24, 2.45) is 0 Å². The van der Waals surface area contributed by atoms with Crippen molar-refractivity contribution < 1.29 is 18.7 Å². The highest BCUT2D eigenvalue weighted by Gasteiger charge is 2.21.